The quantitative estimate of drug-likeness (QED) is 0.458. The van der Waals surface area contributed by atoms with Crippen molar-refractivity contribution in [3.05, 3.63) is 91.4 Å². The zero-order valence-corrected chi connectivity index (χ0v) is 20.2. The Morgan fingerprint density at radius 1 is 1.09 bits per heavy atom. The van der Waals surface area contributed by atoms with Crippen LogP contribution in [0.3, 0.4) is 0 Å². The fourth-order valence-electron chi connectivity index (χ4n) is 4.76. The smallest absolute Gasteiger partial charge is 0.254 e. The van der Waals surface area contributed by atoms with E-state index in [9.17, 15) is 9.59 Å². The number of H-pyrrole nitrogens is 1. The Balaban J connectivity index is 1.69. The molecule has 0 saturated heterocycles. The first kappa shape index (κ1) is 22.2. The van der Waals surface area contributed by atoms with Crippen LogP contribution in [0.15, 0.2) is 58.7 Å². The molecule has 1 aliphatic heterocycles. The molecule has 0 radical (unpaired) electrons. The lowest BCUT2D eigenvalue weighted by atomic mass is 9.87. The molecule has 34 heavy (non-hydrogen) atoms. The summed E-state index contributed by atoms with van der Waals surface area (Å²) in [5, 5.41) is 2.91. The third-order valence-electron chi connectivity index (χ3n) is 6.42. The van der Waals surface area contributed by atoms with Crippen molar-refractivity contribution in [1.82, 2.24) is 9.88 Å². The van der Waals surface area contributed by atoms with Crippen LogP contribution in [0.5, 0.6) is 11.5 Å². The number of methoxy groups -OCH3 is 2. The Kier molecular flexibility index (Phi) is 5.87. The van der Waals surface area contributed by atoms with E-state index in [0.717, 1.165) is 32.5 Å². The van der Waals surface area contributed by atoms with Crippen LogP contribution in [0, 0.1) is 6.92 Å². The van der Waals surface area contributed by atoms with Crippen LogP contribution in [0.4, 0.5) is 0 Å². The van der Waals surface area contributed by atoms with E-state index in [1.165, 1.54) is 0 Å². The molecule has 2 aromatic carbocycles. The van der Waals surface area contributed by atoms with E-state index in [1.54, 1.807) is 25.6 Å². The van der Waals surface area contributed by atoms with Crippen molar-refractivity contribution in [2.45, 2.75) is 25.8 Å². The molecule has 3 heterocycles. The second-order valence-corrected chi connectivity index (χ2v) is 9.58. The van der Waals surface area contributed by atoms with E-state index in [2.05, 4.69) is 4.98 Å². The van der Waals surface area contributed by atoms with Crippen LogP contribution in [-0.2, 0) is 17.6 Å². The van der Waals surface area contributed by atoms with E-state index in [4.69, 9.17) is 9.47 Å². The Labute approximate surface area is 201 Å². The molecule has 0 spiro atoms. The number of hydrogen-bond acceptors (Lipinski definition) is 5. The zero-order chi connectivity index (χ0) is 23.8. The second-order valence-electron chi connectivity index (χ2n) is 8.55. The summed E-state index contributed by atoms with van der Waals surface area (Å²) in [7, 11) is 3.20. The molecule has 1 aliphatic rings. The van der Waals surface area contributed by atoms with Gasteiger partial charge in [-0.1, -0.05) is 17.7 Å². The molecule has 6 nitrogen and oxygen atoms in total. The molecule has 5 rings (SSSR count). The van der Waals surface area contributed by atoms with Crippen molar-refractivity contribution in [2.75, 3.05) is 20.8 Å². The van der Waals surface area contributed by atoms with E-state index in [1.807, 2.05) is 65.7 Å². The monoisotopic (exact) mass is 474 g/mol. The van der Waals surface area contributed by atoms with Crippen molar-refractivity contribution in [3.8, 4) is 11.5 Å². The summed E-state index contributed by atoms with van der Waals surface area (Å²) in [6.45, 7) is 2.54. The van der Waals surface area contributed by atoms with Crippen molar-refractivity contribution < 1.29 is 14.3 Å². The van der Waals surface area contributed by atoms with Gasteiger partial charge in [-0.2, -0.15) is 0 Å². The lowest BCUT2D eigenvalue weighted by Gasteiger charge is -2.38. The maximum absolute atomic E-state index is 13.5. The Morgan fingerprint density at radius 3 is 2.62 bits per heavy atom. The van der Waals surface area contributed by atoms with Crippen LogP contribution >= 0.6 is 11.3 Å². The first-order valence-electron chi connectivity index (χ1n) is 11.2. The lowest BCUT2D eigenvalue weighted by Crippen LogP contribution is -2.43. The molecule has 0 fully saturated rings. The Hall–Kier alpha value is -3.58. The number of hydrogen-bond donors (Lipinski definition) is 1. The highest BCUT2D eigenvalue weighted by molar-refractivity contribution is 7.10. The Bertz CT molecular complexity index is 1420. The highest BCUT2D eigenvalue weighted by Crippen LogP contribution is 2.41. The first-order chi connectivity index (χ1) is 16.5. The molecular formula is C27H26N2O4S. The fraction of sp³-hybridized carbons (Fsp3) is 0.259. The molecule has 1 amide bonds. The summed E-state index contributed by atoms with van der Waals surface area (Å²) in [6, 6.07) is 15.1. The molecule has 4 aromatic rings. The number of carbonyl (C=O) groups is 1. The number of thiophene rings is 1. The van der Waals surface area contributed by atoms with Crippen molar-refractivity contribution in [2.24, 2.45) is 0 Å². The minimum absolute atomic E-state index is 0.00313. The van der Waals surface area contributed by atoms with Crippen molar-refractivity contribution in [1.29, 1.82) is 0 Å². The molecule has 0 bridgehead atoms. The predicted molar refractivity (Wildman–Crippen MR) is 134 cm³/mol. The van der Waals surface area contributed by atoms with Gasteiger partial charge in [-0.15, -0.1) is 11.3 Å². The predicted octanol–water partition coefficient (Wildman–Crippen LogP) is 4.63. The number of aromatic nitrogens is 1. The van der Waals surface area contributed by atoms with Crippen molar-refractivity contribution in [3.63, 3.8) is 0 Å². The second kappa shape index (κ2) is 8.99. The van der Waals surface area contributed by atoms with Crippen LogP contribution in [0.1, 0.15) is 33.2 Å². The number of fused-ring (bicyclic) bond motifs is 2. The number of aryl methyl sites for hydroxylation is 1. The molecule has 1 N–H and O–H groups in total. The maximum Gasteiger partial charge on any atom is 0.254 e. The fourth-order valence-corrected chi connectivity index (χ4v) is 5.46. The summed E-state index contributed by atoms with van der Waals surface area (Å²) in [5.74, 6) is 1.21. The van der Waals surface area contributed by atoms with Crippen molar-refractivity contribution >= 4 is 28.1 Å². The molecule has 0 unspecified atom stereocenters. The third-order valence-corrected chi connectivity index (χ3v) is 7.30. The van der Waals surface area contributed by atoms with Gasteiger partial charge in [-0.3, -0.25) is 9.59 Å². The summed E-state index contributed by atoms with van der Waals surface area (Å²) in [5.41, 5.74) is 4.17. The number of carbonyl (C=O) groups excluding carboxylic acids is 1. The maximum atomic E-state index is 13.5. The number of benzene rings is 2. The zero-order valence-electron chi connectivity index (χ0n) is 19.4. The molecule has 0 aliphatic carbocycles. The van der Waals surface area contributed by atoms with Gasteiger partial charge in [0.05, 0.1) is 26.7 Å². The van der Waals surface area contributed by atoms with Crippen LogP contribution in [0.2, 0.25) is 0 Å². The summed E-state index contributed by atoms with van der Waals surface area (Å²) in [6.07, 6.45) is 0.981. The minimum atomic E-state index is -0.523. The Morgan fingerprint density at radius 2 is 1.88 bits per heavy atom. The van der Waals surface area contributed by atoms with Crippen LogP contribution in [0.25, 0.3) is 10.9 Å². The van der Waals surface area contributed by atoms with Gasteiger partial charge in [0.15, 0.2) is 11.5 Å². The SMILES string of the molecule is COc1cc2c(cc1OC)[C@@H](c1cc3cc(C)ccc3[nH]c1=O)N(C(=O)Cc1cccs1)CC2. The number of aromatic amines is 1. The number of ether oxygens (including phenoxy) is 2. The molecular weight excluding hydrogens is 448 g/mol. The average Bonchev–Trinajstić information content (AvgIpc) is 3.35. The van der Waals surface area contributed by atoms with E-state index in [0.29, 0.717) is 36.4 Å². The standard InChI is InChI=1S/C27H26N2O4S/c1-16-6-7-22-18(11-16)12-21(27(31)28-22)26-20-15-24(33-3)23(32-2)13-17(20)8-9-29(26)25(30)14-19-5-4-10-34-19/h4-7,10-13,15,26H,8-9,14H2,1-3H3,(H,28,31)/t26-/m0/s1. The van der Waals surface area contributed by atoms with E-state index in [-0.39, 0.29) is 11.5 Å². The molecule has 174 valence electrons. The number of pyridine rings is 1. The largest absolute Gasteiger partial charge is 0.493 e. The number of nitrogens with one attached hydrogen (secondary N) is 1. The minimum Gasteiger partial charge on any atom is -0.493 e. The average molecular weight is 475 g/mol. The summed E-state index contributed by atoms with van der Waals surface area (Å²) in [4.78, 5) is 32.7. The molecule has 7 heteroatoms. The summed E-state index contributed by atoms with van der Waals surface area (Å²) >= 11 is 1.56. The van der Waals surface area contributed by atoms with Gasteiger partial charge in [-0.25, -0.2) is 0 Å². The third kappa shape index (κ3) is 3.96. The topological polar surface area (TPSA) is 71.6 Å². The highest BCUT2D eigenvalue weighted by Gasteiger charge is 2.35. The molecule has 2 aromatic heterocycles. The molecule has 1 atom stereocenters. The van der Waals surface area contributed by atoms with Crippen LogP contribution in [-0.4, -0.2) is 36.6 Å². The highest BCUT2D eigenvalue weighted by atomic mass is 32.1. The van der Waals surface area contributed by atoms with E-state index >= 15 is 0 Å². The molecule has 0 saturated carbocycles. The number of rotatable bonds is 5. The van der Waals surface area contributed by atoms with Gasteiger partial charge < -0.3 is 19.4 Å². The van der Waals surface area contributed by atoms with Gasteiger partial charge in [0, 0.05) is 22.5 Å². The normalized spacial score (nSPS) is 15.3. The number of nitrogens with zero attached hydrogens (tertiary/aromatic N) is 1. The summed E-state index contributed by atoms with van der Waals surface area (Å²) < 4.78 is 11.1. The van der Waals surface area contributed by atoms with Gasteiger partial charge in [0.1, 0.15) is 0 Å². The van der Waals surface area contributed by atoms with Gasteiger partial charge in [0.2, 0.25) is 5.91 Å². The van der Waals surface area contributed by atoms with Gasteiger partial charge in [0.25, 0.3) is 5.56 Å². The van der Waals surface area contributed by atoms with Gasteiger partial charge in [-0.05, 0) is 71.6 Å². The van der Waals surface area contributed by atoms with E-state index < -0.39 is 6.04 Å². The lowest BCUT2D eigenvalue weighted by molar-refractivity contribution is -0.132. The number of amides is 1. The van der Waals surface area contributed by atoms with Gasteiger partial charge >= 0.3 is 0 Å². The first-order valence-corrected chi connectivity index (χ1v) is 12.1. The van der Waals surface area contributed by atoms with Crippen LogP contribution < -0.4 is 15.0 Å².